The number of ether oxygens (including phenoxy) is 1. The highest BCUT2D eigenvalue weighted by Crippen LogP contribution is 2.30. The summed E-state index contributed by atoms with van der Waals surface area (Å²) in [6, 6.07) is 12.3. The predicted octanol–water partition coefficient (Wildman–Crippen LogP) is 3.87. The molecule has 0 radical (unpaired) electrons. The maximum atomic E-state index is 13.0. The van der Waals surface area contributed by atoms with Crippen molar-refractivity contribution in [2.45, 2.75) is 19.8 Å². The number of hydrogen-bond donors (Lipinski definition) is 1. The molecule has 3 aromatic rings. The number of methoxy groups -OCH3 is 1. The number of amides is 1. The van der Waals surface area contributed by atoms with Crippen LogP contribution in [0, 0.1) is 6.92 Å². The van der Waals surface area contributed by atoms with Crippen molar-refractivity contribution < 1.29 is 14.3 Å². The molecule has 160 valence electrons. The number of anilines is 2. The minimum Gasteiger partial charge on any atom is -0.465 e. The number of esters is 1. The molecule has 1 amide bonds. The fourth-order valence-electron chi connectivity index (χ4n) is 3.61. The summed E-state index contributed by atoms with van der Waals surface area (Å²) in [4.78, 5) is 31.5. The Morgan fingerprint density at radius 2 is 1.81 bits per heavy atom. The summed E-state index contributed by atoms with van der Waals surface area (Å²) in [5, 5.41) is 7.84. The molecule has 4 rings (SSSR count). The van der Waals surface area contributed by atoms with Crippen LogP contribution in [0.25, 0.3) is 5.69 Å². The monoisotopic (exact) mass is 439 g/mol. The van der Waals surface area contributed by atoms with Crippen LogP contribution in [0.15, 0.2) is 42.5 Å². The molecule has 1 aliphatic rings. The van der Waals surface area contributed by atoms with E-state index in [-0.39, 0.29) is 5.82 Å². The number of benzene rings is 2. The zero-order valence-corrected chi connectivity index (χ0v) is 18.0. The van der Waals surface area contributed by atoms with Crippen LogP contribution in [0.4, 0.5) is 11.4 Å². The van der Waals surface area contributed by atoms with E-state index in [1.165, 1.54) is 7.11 Å². The number of rotatable bonds is 5. The molecule has 0 saturated carbocycles. The normalized spacial score (nSPS) is 13.3. The van der Waals surface area contributed by atoms with Crippen LogP contribution in [0.2, 0.25) is 5.02 Å². The summed E-state index contributed by atoms with van der Waals surface area (Å²) in [5.74, 6) is -0.332. The van der Waals surface area contributed by atoms with Gasteiger partial charge in [-0.15, -0.1) is 5.10 Å². The first kappa shape index (κ1) is 20.9. The highest BCUT2D eigenvalue weighted by atomic mass is 35.5. The summed E-state index contributed by atoms with van der Waals surface area (Å²) in [6.07, 6.45) is 2.16. The lowest BCUT2D eigenvalue weighted by Gasteiger charge is -2.22. The van der Waals surface area contributed by atoms with Gasteiger partial charge in [0.15, 0.2) is 0 Å². The minimum absolute atomic E-state index is 0.0308. The lowest BCUT2D eigenvalue weighted by Crippen LogP contribution is -2.22. The van der Waals surface area contributed by atoms with Gasteiger partial charge in [-0.3, -0.25) is 4.79 Å². The third-order valence-corrected chi connectivity index (χ3v) is 5.41. The van der Waals surface area contributed by atoms with Gasteiger partial charge in [0.25, 0.3) is 5.91 Å². The molecule has 2 aromatic carbocycles. The number of aryl methyl sites for hydroxylation is 1. The molecule has 9 heteroatoms. The standard InChI is InChI=1S/C22H22ClN5O3/c1-14-24-20(26-28(14)17-8-6-16(23)7-9-17)21(29)25-18-13-15(22(30)31-2)5-10-19(18)27-11-3-4-12-27/h5-10,13H,3-4,11-12H2,1-2H3,(H,25,29). The van der Waals surface area contributed by atoms with Gasteiger partial charge in [0.2, 0.25) is 5.82 Å². The van der Waals surface area contributed by atoms with E-state index in [4.69, 9.17) is 16.3 Å². The Balaban J connectivity index is 1.64. The Morgan fingerprint density at radius 1 is 1.10 bits per heavy atom. The molecule has 0 aliphatic carbocycles. The topological polar surface area (TPSA) is 89.4 Å². The average molecular weight is 440 g/mol. The van der Waals surface area contributed by atoms with Crippen molar-refractivity contribution in [2.24, 2.45) is 0 Å². The Hall–Kier alpha value is -3.39. The molecule has 1 fully saturated rings. The fraction of sp³-hybridized carbons (Fsp3) is 0.273. The molecule has 0 unspecified atom stereocenters. The molecule has 0 spiro atoms. The van der Waals surface area contributed by atoms with Gasteiger partial charge in [-0.05, 0) is 62.2 Å². The van der Waals surface area contributed by atoms with Crippen molar-refractivity contribution in [1.29, 1.82) is 0 Å². The van der Waals surface area contributed by atoms with E-state index < -0.39 is 11.9 Å². The van der Waals surface area contributed by atoms with Crippen LogP contribution in [0.1, 0.15) is 39.6 Å². The third kappa shape index (κ3) is 4.39. The SMILES string of the molecule is COC(=O)c1ccc(N2CCCC2)c(NC(=O)c2nc(C)n(-c3ccc(Cl)cc3)n2)c1. The van der Waals surface area contributed by atoms with Crippen LogP contribution in [0.5, 0.6) is 0 Å². The molecule has 8 nitrogen and oxygen atoms in total. The smallest absolute Gasteiger partial charge is 0.337 e. The van der Waals surface area contributed by atoms with E-state index in [0.717, 1.165) is 37.3 Å². The van der Waals surface area contributed by atoms with E-state index >= 15 is 0 Å². The zero-order chi connectivity index (χ0) is 22.0. The number of hydrogen-bond acceptors (Lipinski definition) is 6. The third-order valence-electron chi connectivity index (χ3n) is 5.16. The number of nitrogens with one attached hydrogen (secondary N) is 1. The maximum Gasteiger partial charge on any atom is 0.337 e. The first-order valence-corrected chi connectivity index (χ1v) is 10.3. The van der Waals surface area contributed by atoms with Crippen molar-refractivity contribution in [1.82, 2.24) is 14.8 Å². The molecule has 0 bridgehead atoms. The van der Waals surface area contributed by atoms with E-state index in [9.17, 15) is 9.59 Å². The van der Waals surface area contributed by atoms with Gasteiger partial charge in [0, 0.05) is 18.1 Å². The quantitative estimate of drug-likeness (QED) is 0.607. The Kier molecular flexibility index (Phi) is 5.90. The van der Waals surface area contributed by atoms with Crippen molar-refractivity contribution in [3.63, 3.8) is 0 Å². The Labute approximate surface area is 184 Å². The van der Waals surface area contributed by atoms with Gasteiger partial charge >= 0.3 is 5.97 Å². The predicted molar refractivity (Wildman–Crippen MR) is 118 cm³/mol. The molecular weight excluding hydrogens is 418 g/mol. The van der Waals surface area contributed by atoms with E-state index in [2.05, 4.69) is 20.3 Å². The van der Waals surface area contributed by atoms with Crippen LogP contribution < -0.4 is 10.2 Å². The molecule has 0 atom stereocenters. The van der Waals surface area contributed by atoms with Crippen molar-refractivity contribution >= 4 is 34.9 Å². The molecule has 1 aromatic heterocycles. The van der Waals surface area contributed by atoms with Crippen LogP contribution in [0.3, 0.4) is 0 Å². The molecule has 31 heavy (non-hydrogen) atoms. The highest BCUT2D eigenvalue weighted by Gasteiger charge is 2.21. The van der Waals surface area contributed by atoms with Gasteiger partial charge in [-0.1, -0.05) is 11.6 Å². The summed E-state index contributed by atoms with van der Waals surface area (Å²) < 4.78 is 6.40. The minimum atomic E-state index is -0.468. The van der Waals surface area contributed by atoms with E-state index in [0.29, 0.717) is 22.1 Å². The number of nitrogens with zero attached hydrogens (tertiary/aromatic N) is 4. The van der Waals surface area contributed by atoms with Crippen LogP contribution in [-0.2, 0) is 4.74 Å². The number of carbonyl (C=O) groups excluding carboxylic acids is 2. The van der Waals surface area contributed by atoms with Crippen LogP contribution in [-0.4, -0.2) is 46.8 Å². The van der Waals surface area contributed by atoms with Gasteiger partial charge < -0.3 is 15.0 Å². The first-order chi connectivity index (χ1) is 15.0. The molecule has 1 aliphatic heterocycles. The summed E-state index contributed by atoms with van der Waals surface area (Å²) in [7, 11) is 1.32. The number of halogens is 1. The van der Waals surface area contributed by atoms with Crippen molar-refractivity contribution in [2.75, 3.05) is 30.4 Å². The second-order valence-electron chi connectivity index (χ2n) is 7.24. The highest BCUT2D eigenvalue weighted by molar-refractivity contribution is 6.30. The van der Waals surface area contributed by atoms with Crippen LogP contribution >= 0.6 is 11.6 Å². The maximum absolute atomic E-state index is 13.0. The lowest BCUT2D eigenvalue weighted by atomic mass is 10.1. The summed E-state index contributed by atoms with van der Waals surface area (Å²) in [6.45, 7) is 3.55. The summed E-state index contributed by atoms with van der Waals surface area (Å²) in [5.41, 5.74) is 2.48. The number of aromatic nitrogens is 3. The fourth-order valence-corrected chi connectivity index (χ4v) is 3.73. The van der Waals surface area contributed by atoms with E-state index in [1.54, 1.807) is 48.0 Å². The largest absolute Gasteiger partial charge is 0.465 e. The Morgan fingerprint density at radius 3 is 2.48 bits per heavy atom. The molecule has 1 saturated heterocycles. The zero-order valence-electron chi connectivity index (χ0n) is 17.3. The second kappa shape index (κ2) is 8.77. The van der Waals surface area contributed by atoms with E-state index in [1.807, 2.05) is 6.07 Å². The van der Waals surface area contributed by atoms with Crippen molar-refractivity contribution in [3.05, 3.63) is 64.7 Å². The molecule has 1 N–H and O–H groups in total. The van der Waals surface area contributed by atoms with Gasteiger partial charge in [0.1, 0.15) is 5.82 Å². The van der Waals surface area contributed by atoms with Gasteiger partial charge in [-0.2, -0.15) is 0 Å². The summed E-state index contributed by atoms with van der Waals surface area (Å²) >= 11 is 5.95. The molecule has 2 heterocycles. The van der Waals surface area contributed by atoms with Gasteiger partial charge in [0.05, 0.1) is 29.7 Å². The average Bonchev–Trinajstić information content (AvgIpc) is 3.44. The second-order valence-corrected chi connectivity index (χ2v) is 7.68. The van der Waals surface area contributed by atoms with Crippen molar-refractivity contribution in [3.8, 4) is 5.69 Å². The lowest BCUT2D eigenvalue weighted by molar-refractivity contribution is 0.0600. The Bertz CT molecular complexity index is 1120. The van der Waals surface area contributed by atoms with Gasteiger partial charge in [-0.25, -0.2) is 14.5 Å². The first-order valence-electron chi connectivity index (χ1n) is 9.94. The molecular formula is C22H22ClN5O3. The number of carbonyl (C=O) groups is 2.